The molecule has 1 aromatic rings. The van der Waals surface area contributed by atoms with E-state index in [4.69, 9.17) is 5.84 Å². The van der Waals surface area contributed by atoms with E-state index in [-0.39, 0.29) is 5.91 Å². The quantitative estimate of drug-likeness (QED) is 0.560. The normalized spacial score (nSPS) is 16.7. The van der Waals surface area contributed by atoms with Gasteiger partial charge in [-0.15, -0.1) is 0 Å². The van der Waals surface area contributed by atoms with Crippen LogP contribution in [0.4, 0.5) is 5.69 Å². The molecule has 0 unspecified atom stereocenters. The monoisotopic (exact) mass is 291 g/mol. The molecule has 1 amide bonds. The van der Waals surface area contributed by atoms with Gasteiger partial charge in [-0.2, -0.15) is 0 Å². The number of carbonyl (C=O) groups excluding carboxylic acids is 1. The molecule has 0 aliphatic carbocycles. The van der Waals surface area contributed by atoms with Crippen molar-refractivity contribution in [3.8, 4) is 0 Å². The van der Waals surface area contributed by atoms with Crippen LogP contribution in [-0.4, -0.2) is 42.0 Å². The Hall–Kier alpha value is -1.66. The third-order valence-electron chi connectivity index (χ3n) is 4.15. The molecule has 1 aliphatic rings. The van der Waals surface area contributed by atoms with Gasteiger partial charge in [0.2, 0.25) is 0 Å². The van der Waals surface area contributed by atoms with Gasteiger partial charge in [-0.05, 0) is 51.4 Å². The lowest BCUT2D eigenvalue weighted by molar-refractivity contribution is 0.0937. The number of nitrogen functional groups attached to an aromatic ring is 1. The number of rotatable bonds is 5. The molecule has 1 aromatic heterocycles. The maximum absolute atomic E-state index is 12.2. The minimum absolute atomic E-state index is 0.117. The van der Waals surface area contributed by atoms with Gasteiger partial charge in [0.15, 0.2) is 0 Å². The highest BCUT2D eigenvalue weighted by atomic mass is 16.1. The second kappa shape index (κ2) is 7.38. The maximum atomic E-state index is 12.2. The zero-order chi connectivity index (χ0) is 15.2. The van der Waals surface area contributed by atoms with E-state index in [1.165, 1.54) is 0 Å². The summed E-state index contributed by atoms with van der Waals surface area (Å²) in [5, 5.41) is 3.00. The second-order valence-corrected chi connectivity index (χ2v) is 5.60. The largest absolute Gasteiger partial charge is 0.352 e. The molecule has 4 N–H and O–H groups in total. The number of aromatic nitrogens is 1. The number of hydrazine groups is 1. The van der Waals surface area contributed by atoms with Crippen molar-refractivity contribution in [3.05, 3.63) is 23.5 Å². The molecule has 0 atom stereocenters. The summed E-state index contributed by atoms with van der Waals surface area (Å²) in [5.74, 6) is 5.91. The summed E-state index contributed by atoms with van der Waals surface area (Å²) in [6.45, 7) is 8.13. The topological polar surface area (TPSA) is 83.3 Å². The van der Waals surface area contributed by atoms with Gasteiger partial charge in [-0.1, -0.05) is 6.92 Å². The van der Waals surface area contributed by atoms with Crippen LogP contribution in [0.5, 0.6) is 0 Å². The molecule has 0 saturated carbocycles. The predicted molar refractivity (Wildman–Crippen MR) is 84.0 cm³/mol. The van der Waals surface area contributed by atoms with Crippen molar-refractivity contribution in [3.63, 3.8) is 0 Å². The van der Waals surface area contributed by atoms with Crippen LogP contribution in [0.25, 0.3) is 0 Å². The highest BCUT2D eigenvalue weighted by Gasteiger charge is 2.19. The molecule has 0 aromatic carbocycles. The van der Waals surface area contributed by atoms with Crippen LogP contribution in [0.1, 0.15) is 35.8 Å². The zero-order valence-electron chi connectivity index (χ0n) is 12.9. The van der Waals surface area contributed by atoms with Gasteiger partial charge in [0.1, 0.15) is 0 Å². The molecule has 21 heavy (non-hydrogen) atoms. The van der Waals surface area contributed by atoms with Gasteiger partial charge in [-0.25, -0.2) is 0 Å². The number of amides is 1. The number of nitrogens with zero attached hydrogens (tertiary/aromatic N) is 2. The van der Waals surface area contributed by atoms with Gasteiger partial charge in [0, 0.05) is 18.4 Å². The average Bonchev–Trinajstić information content (AvgIpc) is 2.52. The smallest absolute Gasteiger partial charge is 0.255 e. The fraction of sp³-hybridized carbons (Fsp3) is 0.600. The Bertz CT molecular complexity index is 483. The summed E-state index contributed by atoms with van der Waals surface area (Å²) in [5.41, 5.74) is 4.49. The molecular formula is C15H25N5O. The molecule has 116 valence electrons. The Kier molecular flexibility index (Phi) is 5.52. The van der Waals surface area contributed by atoms with Crippen molar-refractivity contribution in [1.82, 2.24) is 15.2 Å². The highest BCUT2D eigenvalue weighted by molar-refractivity contribution is 5.99. The van der Waals surface area contributed by atoms with E-state index >= 15 is 0 Å². The van der Waals surface area contributed by atoms with Crippen molar-refractivity contribution < 1.29 is 4.79 Å². The molecule has 1 fully saturated rings. The van der Waals surface area contributed by atoms with Gasteiger partial charge < -0.3 is 15.6 Å². The first kappa shape index (κ1) is 15.7. The Morgan fingerprint density at radius 1 is 1.48 bits per heavy atom. The predicted octanol–water partition coefficient (Wildman–Crippen LogP) is 1.14. The first-order valence-corrected chi connectivity index (χ1v) is 7.57. The summed E-state index contributed by atoms with van der Waals surface area (Å²) in [7, 11) is 0. The Morgan fingerprint density at radius 3 is 2.81 bits per heavy atom. The molecule has 6 nitrogen and oxygen atoms in total. The second-order valence-electron chi connectivity index (χ2n) is 5.60. The lowest BCUT2D eigenvalue weighted by Crippen LogP contribution is -2.38. The van der Waals surface area contributed by atoms with Crippen LogP contribution < -0.4 is 16.6 Å². The Labute approximate surface area is 126 Å². The summed E-state index contributed by atoms with van der Waals surface area (Å²) in [4.78, 5) is 18.8. The van der Waals surface area contributed by atoms with Gasteiger partial charge in [0.05, 0.1) is 11.3 Å². The standard InChI is InChI=1S/C15H25N5O/c1-3-20-6-4-12(5-7-20)9-18-15(21)13-10-17-11(2)8-14(13)19-16/h8,10,12H,3-7,9,16H2,1-2H3,(H,17,19)(H,18,21). The number of hydrogen-bond donors (Lipinski definition) is 3. The molecule has 0 spiro atoms. The van der Waals surface area contributed by atoms with E-state index in [9.17, 15) is 4.79 Å². The molecular weight excluding hydrogens is 266 g/mol. The number of nitrogens with one attached hydrogen (secondary N) is 2. The van der Waals surface area contributed by atoms with Crippen LogP contribution in [0.3, 0.4) is 0 Å². The third-order valence-corrected chi connectivity index (χ3v) is 4.15. The van der Waals surface area contributed by atoms with Crippen LogP contribution in [-0.2, 0) is 0 Å². The number of carbonyl (C=O) groups is 1. The van der Waals surface area contributed by atoms with Crippen LogP contribution >= 0.6 is 0 Å². The third kappa shape index (κ3) is 4.15. The van der Waals surface area contributed by atoms with E-state index in [1.54, 1.807) is 12.3 Å². The summed E-state index contributed by atoms with van der Waals surface area (Å²) < 4.78 is 0. The molecule has 1 aliphatic heterocycles. The van der Waals surface area contributed by atoms with Crippen molar-refractivity contribution in [2.75, 3.05) is 31.6 Å². The number of aryl methyl sites for hydroxylation is 1. The summed E-state index contributed by atoms with van der Waals surface area (Å²) in [6.07, 6.45) is 3.85. The van der Waals surface area contributed by atoms with Crippen LogP contribution in [0, 0.1) is 12.8 Å². The minimum atomic E-state index is -0.117. The zero-order valence-corrected chi connectivity index (χ0v) is 12.9. The van der Waals surface area contributed by atoms with Gasteiger partial charge >= 0.3 is 0 Å². The summed E-state index contributed by atoms with van der Waals surface area (Å²) >= 11 is 0. The lowest BCUT2D eigenvalue weighted by atomic mass is 9.97. The SMILES string of the molecule is CCN1CCC(CNC(=O)c2cnc(C)cc2NN)CC1. The lowest BCUT2D eigenvalue weighted by Gasteiger charge is -2.31. The summed E-state index contributed by atoms with van der Waals surface area (Å²) in [6, 6.07) is 1.77. The van der Waals surface area contributed by atoms with Crippen LogP contribution in [0.2, 0.25) is 0 Å². The molecule has 0 radical (unpaired) electrons. The fourth-order valence-corrected chi connectivity index (χ4v) is 2.70. The molecule has 0 bridgehead atoms. The van der Waals surface area contributed by atoms with E-state index in [0.717, 1.165) is 38.2 Å². The van der Waals surface area contributed by atoms with Crippen molar-refractivity contribution in [2.45, 2.75) is 26.7 Å². The number of hydrogen-bond acceptors (Lipinski definition) is 5. The van der Waals surface area contributed by atoms with Gasteiger partial charge in [-0.3, -0.25) is 15.6 Å². The highest BCUT2D eigenvalue weighted by Crippen LogP contribution is 2.17. The van der Waals surface area contributed by atoms with Crippen molar-refractivity contribution in [1.29, 1.82) is 0 Å². The number of nitrogens with two attached hydrogens (primary N) is 1. The first-order valence-electron chi connectivity index (χ1n) is 7.57. The van der Waals surface area contributed by atoms with Crippen LogP contribution in [0.15, 0.2) is 12.3 Å². The first-order chi connectivity index (χ1) is 10.1. The average molecular weight is 291 g/mol. The molecule has 2 heterocycles. The molecule has 6 heteroatoms. The number of pyridine rings is 1. The Morgan fingerprint density at radius 2 is 2.19 bits per heavy atom. The fourth-order valence-electron chi connectivity index (χ4n) is 2.70. The van der Waals surface area contributed by atoms with E-state index < -0.39 is 0 Å². The number of anilines is 1. The molecule has 2 rings (SSSR count). The number of likely N-dealkylation sites (tertiary alicyclic amines) is 1. The number of piperidine rings is 1. The van der Waals surface area contributed by atoms with E-state index in [2.05, 4.69) is 27.6 Å². The van der Waals surface area contributed by atoms with E-state index in [0.29, 0.717) is 23.7 Å². The minimum Gasteiger partial charge on any atom is -0.352 e. The van der Waals surface area contributed by atoms with Crippen molar-refractivity contribution in [2.24, 2.45) is 11.8 Å². The van der Waals surface area contributed by atoms with E-state index in [1.807, 2.05) is 6.92 Å². The van der Waals surface area contributed by atoms with Crippen molar-refractivity contribution >= 4 is 11.6 Å². The Balaban J connectivity index is 1.88. The maximum Gasteiger partial charge on any atom is 0.255 e. The van der Waals surface area contributed by atoms with Gasteiger partial charge in [0.25, 0.3) is 5.91 Å². The molecule has 1 saturated heterocycles.